The average Bonchev–Trinajstić information content (AvgIpc) is 2.61. The number of halogens is 1. The van der Waals surface area contributed by atoms with E-state index in [2.05, 4.69) is 26.0 Å². The molecule has 0 saturated carbocycles. The van der Waals surface area contributed by atoms with Gasteiger partial charge in [0.05, 0.1) is 5.69 Å². The molecule has 2 rings (SSSR count). The van der Waals surface area contributed by atoms with Crippen molar-refractivity contribution in [3.8, 4) is 11.3 Å². The fraction of sp³-hybridized carbons (Fsp3) is 0.0909. The van der Waals surface area contributed by atoms with E-state index in [-0.39, 0.29) is 0 Å². The van der Waals surface area contributed by atoms with Gasteiger partial charge < -0.3 is 0 Å². The van der Waals surface area contributed by atoms with E-state index in [4.69, 9.17) is 0 Å². The molecule has 0 unspecified atom stereocenters. The largest absolute Gasteiger partial charge is 0.266 e. The zero-order valence-electron chi connectivity index (χ0n) is 8.51. The van der Waals surface area contributed by atoms with Crippen LogP contribution >= 0.6 is 15.9 Å². The van der Waals surface area contributed by atoms with E-state index in [0.29, 0.717) is 5.82 Å². The normalized spacial score (nSPS) is 9.88. The molecule has 0 bridgehead atoms. The molecule has 2 aromatic rings. The number of rotatable bonds is 2. The van der Waals surface area contributed by atoms with Crippen molar-refractivity contribution in [1.82, 2.24) is 9.78 Å². The molecule has 1 aromatic heterocycles. The van der Waals surface area contributed by atoms with Crippen LogP contribution in [0.2, 0.25) is 0 Å². The summed E-state index contributed by atoms with van der Waals surface area (Å²) in [6, 6.07) is 9.54. The van der Waals surface area contributed by atoms with Gasteiger partial charge in [-0.25, -0.2) is 4.79 Å². The molecule has 0 saturated heterocycles. The summed E-state index contributed by atoms with van der Waals surface area (Å²) in [6.45, 7) is 0. The summed E-state index contributed by atoms with van der Waals surface area (Å²) in [5.41, 5.74) is 1.89. The van der Waals surface area contributed by atoms with Crippen molar-refractivity contribution >= 4 is 27.8 Å². The summed E-state index contributed by atoms with van der Waals surface area (Å²) in [5, 5.41) is 4.08. The number of aromatic nitrogens is 2. The van der Waals surface area contributed by atoms with Crippen LogP contribution in [0.3, 0.4) is 0 Å². The maximum Gasteiger partial charge on any atom is 0.242 e. The fourth-order valence-corrected chi connectivity index (χ4v) is 1.96. The van der Waals surface area contributed by atoms with Crippen molar-refractivity contribution in [2.75, 3.05) is 0 Å². The summed E-state index contributed by atoms with van der Waals surface area (Å²) in [6.07, 6.45) is 1.48. The molecule has 1 aromatic carbocycles. The topological polar surface area (TPSA) is 47.2 Å². The first-order valence-electron chi connectivity index (χ1n) is 4.59. The summed E-state index contributed by atoms with van der Waals surface area (Å²) < 4.78 is 2.65. The van der Waals surface area contributed by atoms with Gasteiger partial charge in [-0.05, 0) is 6.07 Å². The maximum atomic E-state index is 10.1. The summed E-state index contributed by atoms with van der Waals surface area (Å²) in [5.74, 6) is 0.364. The van der Waals surface area contributed by atoms with Crippen molar-refractivity contribution in [3.05, 3.63) is 34.8 Å². The Hall–Kier alpha value is -1.71. The number of aliphatic imine (C=N–C) groups is 1. The number of nitrogens with zero attached hydrogens (tertiary/aromatic N) is 3. The second-order valence-electron chi connectivity index (χ2n) is 3.19. The number of carbonyl (C=O) groups excluding carboxylic acids is 1. The Balaban J connectivity index is 2.56. The Kier molecular flexibility index (Phi) is 2.99. The number of benzene rings is 1. The van der Waals surface area contributed by atoms with Crippen molar-refractivity contribution in [2.24, 2.45) is 12.0 Å². The van der Waals surface area contributed by atoms with Crippen molar-refractivity contribution in [3.63, 3.8) is 0 Å². The lowest BCUT2D eigenvalue weighted by Gasteiger charge is -2.03. The smallest absolute Gasteiger partial charge is 0.242 e. The minimum Gasteiger partial charge on any atom is -0.266 e. The van der Waals surface area contributed by atoms with Crippen LogP contribution in [0.25, 0.3) is 11.3 Å². The number of hydrogen-bond acceptors (Lipinski definition) is 3. The van der Waals surface area contributed by atoms with Gasteiger partial charge in [0, 0.05) is 23.2 Å². The van der Waals surface area contributed by atoms with Crippen molar-refractivity contribution < 1.29 is 4.79 Å². The Morgan fingerprint density at radius 3 is 2.88 bits per heavy atom. The molecule has 0 radical (unpaired) electrons. The molecular formula is C11H8BrN3O. The van der Waals surface area contributed by atoms with Gasteiger partial charge in [-0.15, -0.1) is 4.99 Å². The monoisotopic (exact) mass is 277 g/mol. The molecule has 0 aliphatic rings. The second kappa shape index (κ2) is 4.43. The van der Waals surface area contributed by atoms with Gasteiger partial charge in [-0.1, -0.05) is 34.1 Å². The van der Waals surface area contributed by atoms with E-state index in [9.17, 15) is 4.79 Å². The van der Waals surface area contributed by atoms with Crippen LogP contribution < -0.4 is 0 Å². The minimum absolute atomic E-state index is 0.364. The molecule has 0 N–H and O–H groups in total. The zero-order valence-corrected chi connectivity index (χ0v) is 10.1. The van der Waals surface area contributed by atoms with Crippen LogP contribution in [0.5, 0.6) is 0 Å². The first-order valence-corrected chi connectivity index (χ1v) is 5.38. The molecular weight excluding hydrogens is 270 g/mol. The Morgan fingerprint density at radius 1 is 1.44 bits per heavy atom. The lowest BCUT2D eigenvalue weighted by Crippen LogP contribution is -1.93. The lowest BCUT2D eigenvalue weighted by molar-refractivity contribution is 0.565. The van der Waals surface area contributed by atoms with Gasteiger partial charge in [0.25, 0.3) is 0 Å². The van der Waals surface area contributed by atoms with Crippen LogP contribution in [0.4, 0.5) is 5.82 Å². The van der Waals surface area contributed by atoms with Gasteiger partial charge >= 0.3 is 0 Å². The maximum absolute atomic E-state index is 10.1. The Bertz CT molecular complexity index is 570. The van der Waals surface area contributed by atoms with Gasteiger partial charge in [-0.2, -0.15) is 5.10 Å². The van der Waals surface area contributed by atoms with E-state index in [1.165, 1.54) is 6.08 Å². The number of hydrogen-bond donors (Lipinski definition) is 0. The molecule has 0 atom stereocenters. The molecule has 0 aliphatic carbocycles. The van der Waals surface area contributed by atoms with Crippen molar-refractivity contribution in [2.45, 2.75) is 0 Å². The predicted molar refractivity (Wildman–Crippen MR) is 64.1 cm³/mol. The SMILES string of the molecule is Cn1nc(N=C=O)cc1-c1ccccc1Br. The highest BCUT2D eigenvalue weighted by Gasteiger charge is 2.09. The quantitative estimate of drug-likeness (QED) is 0.626. The summed E-state index contributed by atoms with van der Waals surface area (Å²) in [7, 11) is 1.80. The first kappa shape index (κ1) is 10.8. The third-order valence-electron chi connectivity index (χ3n) is 2.18. The van der Waals surface area contributed by atoms with Crippen LogP contribution in [0, 0.1) is 0 Å². The molecule has 0 fully saturated rings. The molecule has 0 amide bonds. The van der Waals surface area contributed by atoms with E-state index in [1.54, 1.807) is 17.8 Å². The zero-order chi connectivity index (χ0) is 11.5. The van der Waals surface area contributed by atoms with Crippen LogP contribution in [0.1, 0.15) is 0 Å². The molecule has 0 aliphatic heterocycles. The molecule has 16 heavy (non-hydrogen) atoms. The molecule has 80 valence electrons. The minimum atomic E-state index is 0.364. The number of isocyanates is 1. The van der Waals surface area contributed by atoms with Crippen LogP contribution in [-0.2, 0) is 11.8 Å². The number of aryl methyl sites for hydroxylation is 1. The average molecular weight is 278 g/mol. The molecule has 0 spiro atoms. The van der Waals surface area contributed by atoms with E-state index in [0.717, 1.165) is 15.7 Å². The highest BCUT2D eigenvalue weighted by atomic mass is 79.9. The van der Waals surface area contributed by atoms with Gasteiger partial charge in [0.15, 0.2) is 5.82 Å². The van der Waals surface area contributed by atoms with Gasteiger partial charge in [-0.3, -0.25) is 4.68 Å². The third kappa shape index (κ3) is 1.96. The van der Waals surface area contributed by atoms with Crippen LogP contribution in [-0.4, -0.2) is 15.9 Å². The Morgan fingerprint density at radius 2 is 2.19 bits per heavy atom. The lowest BCUT2D eigenvalue weighted by atomic mass is 10.1. The second-order valence-corrected chi connectivity index (χ2v) is 4.05. The first-order chi connectivity index (χ1) is 7.72. The van der Waals surface area contributed by atoms with Crippen molar-refractivity contribution in [1.29, 1.82) is 0 Å². The summed E-state index contributed by atoms with van der Waals surface area (Å²) in [4.78, 5) is 13.6. The van der Waals surface area contributed by atoms with Crippen LogP contribution in [0.15, 0.2) is 39.8 Å². The standard InChI is InChI=1S/C11H8BrN3O/c1-15-10(6-11(14-15)13-7-16)8-4-2-3-5-9(8)12/h2-6H,1H3. The molecule has 1 heterocycles. The predicted octanol–water partition coefficient (Wildman–Crippen LogP) is 2.82. The highest BCUT2D eigenvalue weighted by molar-refractivity contribution is 9.10. The van der Waals surface area contributed by atoms with Gasteiger partial charge in [0.1, 0.15) is 0 Å². The van der Waals surface area contributed by atoms with E-state index in [1.807, 2.05) is 24.3 Å². The highest BCUT2D eigenvalue weighted by Crippen LogP contribution is 2.29. The fourth-order valence-electron chi connectivity index (χ4n) is 1.47. The van der Waals surface area contributed by atoms with E-state index >= 15 is 0 Å². The van der Waals surface area contributed by atoms with Gasteiger partial charge in [0.2, 0.25) is 6.08 Å². The molecule has 5 heteroatoms. The third-order valence-corrected chi connectivity index (χ3v) is 2.87. The molecule has 4 nitrogen and oxygen atoms in total. The Labute approximate surface area is 101 Å². The van der Waals surface area contributed by atoms with E-state index < -0.39 is 0 Å². The summed E-state index contributed by atoms with van der Waals surface area (Å²) >= 11 is 3.47.